The molecule has 1 aromatic rings. The van der Waals surface area contributed by atoms with Crippen molar-refractivity contribution >= 4 is 0 Å². The van der Waals surface area contributed by atoms with Crippen LogP contribution in [0.25, 0.3) is 0 Å². The summed E-state index contributed by atoms with van der Waals surface area (Å²) in [4.78, 5) is 0. The van der Waals surface area contributed by atoms with Crippen LogP contribution in [0.5, 0.6) is 0 Å². The fraction of sp³-hybridized carbons (Fsp3) is 0.125. The summed E-state index contributed by atoms with van der Waals surface area (Å²) >= 11 is 0. The molecule has 0 bridgehead atoms. The Morgan fingerprint density at radius 2 is 1.60 bits per heavy atom. The number of benzene rings is 1. The smallest absolute Gasteiger partial charge is 0.0681 e. The molecular weight excluding hydrogens is 201 g/mol. The van der Waals surface area contributed by atoms with Gasteiger partial charge in [0.15, 0.2) is 0 Å². The van der Waals surface area contributed by atoms with Gasteiger partial charge in [-0.3, -0.25) is 0 Å². The van der Waals surface area contributed by atoms with E-state index < -0.39 is 0 Å². The van der Waals surface area contributed by atoms with Gasteiger partial charge in [0, 0.05) is 32.7 Å². The maximum Gasteiger partial charge on any atom is 0.0681 e. The standard InChI is InChI=1S/C7H8O.CH3.Y/c8-6-7-4-2-1-3-5-7;;/h1-5,8H,6H2;1H3;/q;-1;. The second-order valence-electron chi connectivity index (χ2n) is 1.64. The Morgan fingerprint density at radius 3 is 1.90 bits per heavy atom. The molecular formula is C8H11OY-. The van der Waals surface area contributed by atoms with Crippen molar-refractivity contribution in [3.63, 3.8) is 0 Å². The molecule has 0 aliphatic carbocycles. The van der Waals surface area contributed by atoms with Gasteiger partial charge in [-0.1, -0.05) is 30.3 Å². The molecule has 0 amide bonds. The van der Waals surface area contributed by atoms with E-state index in [0.717, 1.165) is 5.56 Å². The summed E-state index contributed by atoms with van der Waals surface area (Å²) in [5.74, 6) is 0. The maximum atomic E-state index is 8.54. The van der Waals surface area contributed by atoms with Crippen molar-refractivity contribution in [3.05, 3.63) is 43.3 Å². The largest absolute Gasteiger partial charge is 0.392 e. The molecule has 1 N–H and O–H groups in total. The zero-order valence-corrected chi connectivity index (χ0v) is 8.96. The van der Waals surface area contributed by atoms with Gasteiger partial charge in [-0.2, -0.15) is 0 Å². The summed E-state index contributed by atoms with van der Waals surface area (Å²) in [6, 6.07) is 9.52. The van der Waals surface area contributed by atoms with E-state index in [2.05, 4.69) is 0 Å². The molecule has 0 saturated carbocycles. The molecule has 53 valence electrons. The SMILES string of the molecule is OCc1ccccc1.[CH3-].[Y]. The van der Waals surface area contributed by atoms with E-state index in [0.29, 0.717) is 0 Å². The van der Waals surface area contributed by atoms with Crippen molar-refractivity contribution in [2.75, 3.05) is 0 Å². The summed E-state index contributed by atoms with van der Waals surface area (Å²) in [6.07, 6.45) is 0. The minimum Gasteiger partial charge on any atom is -0.392 e. The van der Waals surface area contributed by atoms with Gasteiger partial charge in [-0.05, 0) is 5.56 Å². The van der Waals surface area contributed by atoms with Crippen LogP contribution in [0.4, 0.5) is 0 Å². The Morgan fingerprint density at radius 1 is 1.10 bits per heavy atom. The van der Waals surface area contributed by atoms with Crippen LogP contribution in [0, 0.1) is 7.43 Å². The molecule has 0 heterocycles. The Balaban J connectivity index is 0. The van der Waals surface area contributed by atoms with E-state index in [-0.39, 0.29) is 46.7 Å². The molecule has 0 atom stereocenters. The number of hydrogen-bond donors (Lipinski definition) is 1. The molecule has 0 aliphatic heterocycles. The monoisotopic (exact) mass is 212 g/mol. The number of aliphatic hydroxyl groups is 1. The zero-order valence-electron chi connectivity index (χ0n) is 6.12. The summed E-state index contributed by atoms with van der Waals surface area (Å²) in [5.41, 5.74) is 0.965. The minimum absolute atomic E-state index is 0. The fourth-order valence-corrected chi connectivity index (χ4v) is 0.583. The van der Waals surface area contributed by atoms with Gasteiger partial charge in [0.25, 0.3) is 0 Å². The first-order valence-corrected chi connectivity index (χ1v) is 2.58. The topological polar surface area (TPSA) is 20.2 Å². The third kappa shape index (κ3) is 4.16. The molecule has 0 fully saturated rings. The summed E-state index contributed by atoms with van der Waals surface area (Å²) in [5, 5.41) is 8.54. The summed E-state index contributed by atoms with van der Waals surface area (Å²) in [6.45, 7) is 0.140. The third-order valence-corrected chi connectivity index (χ3v) is 1.03. The Kier molecular flexibility index (Phi) is 9.55. The predicted octanol–water partition coefficient (Wildman–Crippen LogP) is 1.63. The number of hydrogen-bond acceptors (Lipinski definition) is 1. The quantitative estimate of drug-likeness (QED) is 0.701. The van der Waals surface area contributed by atoms with Crippen LogP contribution in [0.15, 0.2) is 30.3 Å². The summed E-state index contributed by atoms with van der Waals surface area (Å²) in [7, 11) is 0. The molecule has 1 rings (SSSR count). The van der Waals surface area contributed by atoms with Crippen LogP contribution in [-0.4, -0.2) is 5.11 Å². The summed E-state index contributed by atoms with van der Waals surface area (Å²) < 4.78 is 0. The fourth-order valence-electron chi connectivity index (χ4n) is 0.583. The first kappa shape index (κ1) is 12.9. The first-order valence-electron chi connectivity index (χ1n) is 2.58. The second kappa shape index (κ2) is 7.39. The average molecular weight is 212 g/mol. The number of rotatable bonds is 1. The first-order chi connectivity index (χ1) is 3.93. The van der Waals surface area contributed by atoms with Crippen molar-refractivity contribution in [3.8, 4) is 0 Å². The van der Waals surface area contributed by atoms with Gasteiger partial charge in [-0.25, -0.2) is 0 Å². The molecule has 0 aliphatic rings. The van der Waals surface area contributed by atoms with E-state index in [1.54, 1.807) is 0 Å². The van der Waals surface area contributed by atoms with Crippen LogP contribution in [-0.2, 0) is 39.3 Å². The van der Waals surface area contributed by atoms with Crippen molar-refractivity contribution < 1.29 is 37.8 Å². The van der Waals surface area contributed by atoms with E-state index >= 15 is 0 Å². The van der Waals surface area contributed by atoms with Crippen molar-refractivity contribution in [1.29, 1.82) is 0 Å². The third-order valence-electron chi connectivity index (χ3n) is 1.03. The van der Waals surface area contributed by atoms with E-state index in [1.165, 1.54) is 0 Å². The van der Waals surface area contributed by atoms with E-state index in [4.69, 9.17) is 5.11 Å². The molecule has 0 saturated heterocycles. The molecule has 1 radical (unpaired) electrons. The molecule has 1 nitrogen and oxygen atoms in total. The Bertz CT molecular complexity index is 151. The van der Waals surface area contributed by atoms with Crippen LogP contribution in [0.2, 0.25) is 0 Å². The average Bonchev–Trinajstić information content (AvgIpc) is 1.90. The van der Waals surface area contributed by atoms with Crippen LogP contribution < -0.4 is 0 Å². The van der Waals surface area contributed by atoms with Gasteiger partial charge >= 0.3 is 0 Å². The van der Waals surface area contributed by atoms with Crippen LogP contribution >= 0.6 is 0 Å². The van der Waals surface area contributed by atoms with Crippen LogP contribution in [0.1, 0.15) is 5.56 Å². The van der Waals surface area contributed by atoms with Crippen molar-refractivity contribution in [1.82, 2.24) is 0 Å². The Hall–Kier alpha value is 0.284. The molecule has 0 unspecified atom stereocenters. The molecule has 1 aromatic carbocycles. The van der Waals surface area contributed by atoms with Gasteiger partial charge < -0.3 is 12.5 Å². The minimum atomic E-state index is 0. The molecule has 0 aromatic heterocycles. The van der Waals surface area contributed by atoms with E-state index in [9.17, 15) is 0 Å². The normalized spacial score (nSPS) is 7.30. The maximum absolute atomic E-state index is 8.54. The second-order valence-corrected chi connectivity index (χ2v) is 1.64. The van der Waals surface area contributed by atoms with Gasteiger partial charge in [0.2, 0.25) is 0 Å². The van der Waals surface area contributed by atoms with Crippen LogP contribution in [0.3, 0.4) is 0 Å². The number of aliphatic hydroxyl groups excluding tert-OH is 1. The van der Waals surface area contributed by atoms with Gasteiger partial charge in [0.1, 0.15) is 0 Å². The van der Waals surface area contributed by atoms with Gasteiger partial charge in [-0.15, -0.1) is 0 Å². The van der Waals surface area contributed by atoms with Crippen molar-refractivity contribution in [2.45, 2.75) is 6.61 Å². The molecule has 2 heteroatoms. The van der Waals surface area contributed by atoms with Crippen molar-refractivity contribution in [2.24, 2.45) is 0 Å². The molecule has 10 heavy (non-hydrogen) atoms. The van der Waals surface area contributed by atoms with E-state index in [1.807, 2.05) is 30.3 Å². The molecule has 0 spiro atoms. The predicted molar refractivity (Wildman–Crippen MR) is 38.8 cm³/mol. The Labute approximate surface area is 87.3 Å². The zero-order chi connectivity index (χ0) is 5.82. The van der Waals surface area contributed by atoms with Gasteiger partial charge in [0.05, 0.1) is 6.61 Å².